The molecule has 0 unspecified atom stereocenters. The molecule has 0 bridgehead atoms. The van der Waals surface area contributed by atoms with Crippen LogP contribution in [-0.4, -0.2) is 30.8 Å². The summed E-state index contributed by atoms with van der Waals surface area (Å²) in [6.45, 7) is 10.6. The third kappa shape index (κ3) is 2.41. The molecule has 0 N–H and O–H groups in total. The molecule has 0 saturated carbocycles. The predicted molar refractivity (Wildman–Crippen MR) is 63.8 cm³/mol. The number of Topliss-reactive ketones (excluding diaryl/α,β-unsaturated/α-hetero) is 1. The number of piperidine rings is 1. The Morgan fingerprint density at radius 1 is 1.13 bits per heavy atom. The number of hydrogen-bond donors (Lipinski definition) is 0. The third-order valence-corrected chi connectivity index (χ3v) is 4.00. The van der Waals surface area contributed by atoms with Gasteiger partial charge in [0.2, 0.25) is 0 Å². The summed E-state index contributed by atoms with van der Waals surface area (Å²) in [5.41, 5.74) is -0.0410. The number of carbonyl (C=O) groups is 1. The summed E-state index contributed by atoms with van der Waals surface area (Å²) in [4.78, 5) is 14.7. The molecule has 88 valence electrons. The fourth-order valence-corrected chi connectivity index (χ4v) is 2.70. The van der Waals surface area contributed by atoms with E-state index in [4.69, 9.17) is 0 Å². The van der Waals surface area contributed by atoms with Gasteiger partial charge >= 0.3 is 0 Å². The molecule has 2 heteroatoms. The Morgan fingerprint density at radius 3 is 1.93 bits per heavy atom. The second-order valence-electron chi connectivity index (χ2n) is 5.63. The van der Waals surface area contributed by atoms with Gasteiger partial charge in [0.15, 0.2) is 0 Å². The lowest BCUT2D eigenvalue weighted by atomic mass is 9.65. The molecule has 0 aliphatic carbocycles. The highest BCUT2D eigenvalue weighted by molar-refractivity contribution is 5.86. The number of nitrogens with zero attached hydrogens (tertiary/aromatic N) is 1. The number of rotatable bonds is 3. The maximum atomic E-state index is 12.3. The average Bonchev–Trinajstić information content (AvgIpc) is 2.17. The number of likely N-dealkylation sites (tertiary alicyclic amines) is 1. The zero-order chi connectivity index (χ0) is 11.6. The van der Waals surface area contributed by atoms with E-state index in [1.807, 2.05) is 13.8 Å². The van der Waals surface area contributed by atoms with Crippen LogP contribution < -0.4 is 0 Å². The lowest BCUT2D eigenvalue weighted by Gasteiger charge is -2.43. The molecule has 0 radical (unpaired) electrons. The summed E-state index contributed by atoms with van der Waals surface area (Å²) in [5.74, 6) is 1.13. The molecule has 0 atom stereocenters. The minimum Gasteiger partial charge on any atom is -0.306 e. The Kier molecular flexibility index (Phi) is 3.93. The van der Waals surface area contributed by atoms with Crippen LogP contribution in [-0.2, 0) is 4.79 Å². The van der Waals surface area contributed by atoms with E-state index in [0.29, 0.717) is 11.7 Å². The van der Waals surface area contributed by atoms with Crippen LogP contribution in [0.1, 0.15) is 40.5 Å². The maximum absolute atomic E-state index is 12.3. The molecule has 0 aromatic rings. The first kappa shape index (κ1) is 12.7. The van der Waals surface area contributed by atoms with Gasteiger partial charge in [-0.15, -0.1) is 0 Å². The molecule has 1 aliphatic rings. The third-order valence-electron chi connectivity index (χ3n) is 4.00. The Bertz CT molecular complexity index is 225. The van der Waals surface area contributed by atoms with Crippen molar-refractivity contribution >= 4 is 5.78 Å². The summed E-state index contributed by atoms with van der Waals surface area (Å²) >= 11 is 0. The van der Waals surface area contributed by atoms with Crippen LogP contribution in [0.25, 0.3) is 0 Å². The zero-order valence-corrected chi connectivity index (χ0v) is 10.8. The van der Waals surface area contributed by atoms with Gasteiger partial charge in [-0.1, -0.05) is 27.7 Å². The molecule has 1 fully saturated rings. The highest BCUT2D eigenvalue weighted by atomic mass is 16.1. The topological polar surface area (TPSA) is 20.3 Å². The smallest absolute Gasteiger partial charge is 0.141 e. The number of carbonyl (C=O) groups excluding carboxylic acids is 1. The average molecular weight is 211 g/mol. The molecule has 15 heavy (non-hydrogen) atoms. The van der Waals surface area contributed by atoms with E-state index >= 15 is 0 Å². The first-order chi connectivity index (χ1) is 6.90. The van der Waals surface area contributed by atoms with Gasteiger partial charge in [0.1, 0.15) is 5.78 Å². The van der Waals surface area contributed by atoms with E-state index in [9.17, 15) is 4.79 Å². The lowest BCUT2D eigenvalue weighted by Crippen LogP contribution is -2.47. The van der Waals surface area contributed by atoms with Gasteiger partial charge in [-0.05, 0) is 38.9 Å². The van der Waals surface area contributed by atoms with Crippen molar-refractivity contribution < 1.29 is 4.79 Å². The Balaban J connectivity index is 2.85. The van der Waals surface area contributed by atoms with E-state index in [1.54, 1.807) is 0 Å². The molecule has 1 rings (SSSR count). The monoisotopic (exact) mass is 211 g/mol. The minimum absolute atomic E-state index is 0.0410. The fourth-order valence-electron chi connectivity index (χ4n) is 2.70. The second kappa shape index (κ2) is 4.65. The van der Waals surface area contributed by atoms with Crippen molar-refractivity contribution in [2.45, 2.75) is 40.5 Å². The summed E-state index contributed by atoms with van der Waals surface area (Å²) < 4.78 is 0. The minimum atomic E-state index is -0.0410. The van der Waals surface area contributed by atoms with E-state index in [1.165, 1.54) is 0 Å². The number of hydrogen-bond acceptors (Lipinski definition) is 2. The molecular formula is C13H25NO. The van der Waals surface area contributed by atoms with Crippen molar-refractivity contribution in [1.29, 1.82) is 0 Å². The van der Waals surface area contributed by atoms with Gasteiger partial charge in [-0.3, -0.25) is 4.79 Å². The molecule has 1 aliphatic heterocycles. The fraction of sp³-hybridized carbons (Fsp3) is 0.923. The lowest BCUT2D eigenvalue weighted by molar-refractivity contribution is -0.137. The van der Waals surface area contributed by atoms with Crippen molar-refractivity contribution in [3.8, 4) is 0 Å². The quantitative estimate of drug-likeness (QED) is 0.715. The van der Waals surface area contributed by atoms with Gasteiger partial charge in [0.05, 0.1) is 0 Å². The predicted octanol–water partition coefficient (Wildman–Crippen LogP) is 2.58. The van der Waals surface area contributed by atoms with E-state index < -0.39 is 0 Å². The number of ketones is 1. The molecule has 0 aromatic heterocycles. The van der Waals surface area contributed by atoms with Crippen molar-refractivity contribution in [2.24, 2.45) is 17.3 Å². The molecule has 0 aromatic carbocycles. The largest absolute Gasteiger partial charge is 0.306 e. The van der Waals surface area contributed by atoms with E-state index in [0.717, 1.165) is 25.9 Å². The van der Waals surface area contributed by atoms with Crippen molar-refractivity contribution in [1.82, 2.24) is 4.90 Å². The first-order valence-electron chi connectivity index (χ1n) is 6.13. The summed E-state index contributed by atoms with van der Waals surface area (Å²) in [7, 11) is 2.14. The molecular weight excluding hydrogens is 186 g/mol. The maximum Gasteiger partial charge on any atom is 0.141 e. The van der Waals surface area contributed by atoms with Gasteiger partial charge in [-0.25, -0.2) is 0 Å². The first-order valence-corrected chi connectivity index (χ1v) is 6.13. The van der Waals surface area contributed by atoms with Crippen molar-refractivity contribution in [3.05, 3.63) is 0 Å². The summed E-state index contributed by atoms with van der Waals surface area (Å²) in [6.07, 6.45) is 2.08. The van der Waals surface area contributed by atoms with Crippen LogP contribution in [0.15, 0.2) is 0 Å². The Labute approximate surface area is 94.0 Å². The van der Waals surface area contributed by atoms with Crippen LogP contribution >= 0.6 is 0 Å². The van der Waals surface area contributed by atoms with Gasteiger partial charge < -0.3 is 4.90 Å². The van der Waals surface area contributed by atoms with Crippen LogP contribution in [0.5, 0.6) is 0 Å². The van der Waals surface area contributed by atoms with Crippen LogP contribution in [0.4, 0.5) is 0 Å². The molecule has 2 nitrogen and oxygen atoms in total. The Hall–Kier alpha value is -0.370. The standard InChI is InChI=1S/C13H25NO/c1-10(2)12(15)13(11(3)4)6-8-14(5)9-7-13/h10-11H,6-9H2,1-5H3. The van der Waals surface area contributed by atoms with Crippen LogP contribution in [0.3, 0.4) is 0 Å². The Morgan fingerprint density at radius 2 is 1.60 bits per heavy atom. The van der Waals surface area contributed by atoms with Gasteiger partial charge in [0.25, 0.3) is 0 Å². The molecule has 1 saturated heterocycles. The summed E-state index contributed by atoms with van der Waals surface area (Å²) in [5, 5.41) is 0. The highest BCUT2D eigenvalue weighted by Gasteiger charge is 2.43. The van der Waals surface area contributed by atoms with Crippen molar-refractivity contribution in [3.63, 3.8) is 0 Å². The van der Waals surface area contributed by atoms with Gasteiger partial charge in [-0.2, -0.15) is 0 Å². The molecule has 0 spiro atoms. The SMILES string of the molecule is CC(C)C(=O)C1(C(C)C)CCN(C)CC1. The second-order valence-corrected chi connectivity index (χ2v) is 5.63. The van der Waals surface area contributed by atoms with Crippen LogP contribution in [0, 0.1) is 17.3 Å². The van der Waals surface area contributed by atoms with E-state index in [-0.39, 0.29) is 11.3 Å². The van der Waals surface area contributed by atoms with Crippen LogP contribution in [0.2, 0.25) is 0 Å². The van der Waals surface area contributed by atoms with Crippen molar-refractivity contribution in [2.75, 3.05) is 20.1 Å². The normalized spacial score (nSPS) is 22.3. The summed E-state index contributed by atoms with van der Waals surface area (Å²) in [6, 6.07) is 0. The molecule has 0 amide bonds. The zero-order valence-electron chi connectivity index (χ0n) is 10.8. The van der Waals surface area contributed by atoms with Gasteiger partial charge in [0, 0.05) is 11.3 Å². The molecule has 1 heterocycles. The van der Waals surface area contributed by atoms with E-state index in [2.05, 4.69) is 25.8 Å². The highest BCUT2D eigenvalue weighted by Crippen LogP contribution is 2.41.